The van der Waals surface area contributed by atoms with Crippen molar-refractivity contribution in [1.82, 2.24) is 10.0 Å². The summed E-state index contributed by atoms with van der Waals surface area (Å²) >= 11 is 0. The highest BCUT2D eigenvalue weighted by Gasteiger charge is 2.30. The van der Waals surface area contributed by atoms with Crippen LogP contribution in [0.5, 0.6) is 0 Å². The van der Waals surface area contributed by atoms with Gasteiger partial charge in [0.25, 0.3) is 0 Å². The molecule has 5 nitrogen and oxygen atoms in total. The van der Waals surface area contributed by atoms with E-state index in [4.69, 9.17) is 0 Å². The Hall–Kier alpha value is -2.65. The number of rotatable bonds is 7. The van der Waals surface area contributed by atoms with Gasteiger partial charge in [0.1, 0.15) is 0 Å². The molecule has 0 bridgehead atoms. The van der Waals surface area contributed by atoms with Gasteiger partial charge in [-0.3, -0.25) is 4.79 Å². The van der Waals surface area contributed by atoms with Gasteiger partial charge in [-0.1, -0.05) is 24.3 Å². The molecule has 29 heavy (non-hydrogen) atoms. The molecule has 9 heteroatoms. The largest absolute Gasteiger partial charge is 0.416 e. The monoisotopic (exact) mass is 426 g/mol. The molecule has 1 amide bonds. The molecule has 0 aliphatic carbocycles. The predicted octanol–water partition coefficient (Wildman–Crippen LogP) is 3.43. The number of alkyl halides is 3. The summed E-state index contributed by atoms with van der Waals surface area (Å²) in [6.45, 7) is 3.47. The lowest BCUT2D eigenvalue weighted by atomic mass is 10.1. The van der Waals surface area contributed by atoms with Crippen molar-refractivity contribution in [3.05, 3.63) is 70.8 Å². The van der Waals surface area contributed by atoms with Crippen LogP contribution in [0.15, 0.2) is 53.4 Å². The van der Waals surface area contributed by atoms with Gasteiger partial charge in [0.05, 0.1) is 10.5 Å². The molecule has 2 rings (SSSR count). The topological polar surface area (TPSA) is 75.3 Å². The highest BCUT2D eigenvalue weighted by molar-refractivity contribution is 7.89. The summed E-state index contributed by atoms with van der Waals surface area (Å²) < 4.78 is 65.1. The first-order chi connectivity index (χ1) is 13.5. The molecule has 0 fully saturated rings. The highest BCUT2D eigenvalue weighted by Crippen LogP contribution is 2.29. The summed E-state index contributed by atoms with van der Waals surface area (Å²) in [7, 11) is -3.71. The van der Waals surface area contributed by atoms with E-state index in [9.17, 15) is 26.4 Å². The molecular formula is C20H21F3N2O3S. The second-order valence-electron chi connectivity index (χ2n) is 6.41. The number of carbonyl (C=O) groups is 1. The molecule has 156 valence electrons. The van der Waals surface area contributed by atoms with E-state index in [0.717, 1.165) is 23.8 Å². The predicted molar refractivity (Wildman–Crippen MR) is 105 cm³/mol. The summed E-state index contributed by atoms with van der Waals surface area (Å²) in [5.41, 5.74) is 0.840. The van der Waals surface area contributed by atoms with Crippen LogP contribution in [-0.2, 0) is 21.0 Å². The van der Waals surface area contributed by atoms with Crippen molar-refractivity contribution in [2.75, 3.05) is 13.1 Å². The second kappa shape index (κ2) is 9.23. The Morgan fingerprint density at radius 3 is 2.48 bits per heavy atom. The first-order valence-corrected chi connectivity index (χ1v) is 10.2. The van der Waals surface area contributed by atoms with Gasteiger partial charge in [0.2, 0.25) is 15.9 Å². The minimum atomic E-state index is -4.46. The van der Waals surface area contributed by atoms with Gasteiger partial charge in [-0.25, -0.2) is 13.1 Å². The van der Waals surface area contributed by atoms with Crippen LogP contribution in [-0.4, -0.2) is 27.4 Å². The van der Waals surface area contributed by atoms with E-state index in [2.05, 4.69) is 10.0 Å². The van der Waals surface area contributed by atoms with E-state index in [0.29, 0.717) is 5.56 Å². The zero-order valence-corrected chi connectivity index (χ0v) is 16.7. The minimum Gasteiger partial charge on any atom is -0.351 e. The van der Waals surface area contributed by atoms with Crippen molar-refractivity contribution in [2.24, 2.45) is 0 Å². The lowest BCUT2D eigenvalue weighted by Gasteiger charge is -2.10. The molecule has 0 aliphatic heterocycles. The fourth-order valence-electron chi connectivity index (χ4n) is 2.50. The van der Waals surface area contributed by atoms with Crippen molar-refractivity contribution < 1.29 is 26.4 Å². The first kappa shape index (κ1) is 22.6. The maximum Gasteiger partial charge on any atom is 0.416 e. The standard InChI is InChI=1S/C20H21F3N2O3S/c1-14-6-7-15(2)18(12-14)29(27,28)25-11-10-24-19(26)9-8-16-4-3-5-17(13-16)20(21,22)23/h3-9,12-13,25H,10-11H2,1-2H3,(H,24,26)/b9-8+. The van der Waals surface area contributed by atoms with Gasteiger partial charge in [-0.05, 0) is 54.8 Å². The van der Waals surface area contributed by atoms with E-state index in [1.165, 1.54) is 18.2 Å². The van der Waals surface area contributed by atoms with Crippen LogP contribution in [0.1, 0.15) is 22.3 Å². The Morgan fingerprint density at radius 1 is 1.07 bits per heavy atom. The normalized spacial score (nSPS) is 12.3. The van der Waals surface area contributed by atoms with Crippen molar-refractivity contribution >= 4 is 22.0 Å². The van der Waals surface area contributed by atoms with Crippen LogP contribution in [0.25, 0.3) is 6.08 Å². The Labute approximate surface area is 167 Å². The fraction of sp³-hybridized carbons (Fsp3) is 0.250. The average Bonchev–Trinajstić information content (AvgIpc) is 2.65. The SMILES string of the molecule is Cc1ccc(C)c(S(=O)(=O)NCCNC(=O)/C=C/c2cccc(C(F)(F)F)c2)c1. The molecule has 2 aromatic rings. The molecule has 0 unspecified atom stereocenters. The zero-order valence-electron chi connectivity index (χ0n) is 15.9. The highest BCUT2D eigenvalue weighted by atomic mass is 32.2. The Bertz CT molecular complexity index is 1020. The molecule has 0 saturated heterocycles. The van der Waals surface area contributed by atoms with Crippen LogP contribution < -0.4 is 10.0 Å². The van der Waals surface area contributed by atoms with Crippen molar-refractivity contribution in [3.8, 4) is 0 Å². The average molecular weight is 426 g/mol. The van der Waals surface area contributed by atoms with Gasteiger partial charge < -0.3 is 5.32 Å². The zero-order chi connectivity index (χ0) is 21.7. The smallest absolute Gasteiger partial charge is 0.351 e. The van der Waals surface area contributed by atoms with Crippen LogP contribution >= 0.6 is 0 Å². The number of aryl methyl sites for hydroxylation is 2. The summed E-state index contributed by atoms with van der Waals surface area (Å²) in [4.78, 5) is 12.0. The van der Waals surface area contributed by atoms with Crippen LogP contribution in [0.2, 0.25) is 0 Å². The number of carbonyl (C=O) groups excluding carboxylic acids is 1. The van der Waals surface area contributed by atoms with Gasteiger partial charge in [0, 0.05) is 19.2 Å². The molecular weight excluding hydrogens is 405 g/mol. The Kier molecular flexibility index (Phi) is 7.21. The maximum atomic E-state index is 12.7. The number of benzene rings is 2. The summed E-state index contributed by atoms with van der Waals surface area (Å²) in [6, 6.07) is 9.66. The van der Waals surface area contributed by atoms with Gasteiger partial charge in [0.15, 0.2) is 0 Å². The number of nitrogens with one attached hydrogen (secondary N) is 2. The third-order valence-electron chi connectivity index (χ3n) is 3.99. The van der Waals surface area contributed by atoms with Gasteiger partial charge in [-0.2, -0.15) is 13.2 Å². The number of amides is 1. The Balaban J connectivity index is 1.87. The van der Waals surface area contributed by atoms with Gasteiger partial charge >= 0.3 is 6.18 Å². The van der Waals surface area contributed by atoms with E-state index < -0.39 is 27.7 Å². The van der Waals surface area contributed by atoms with Crippen molar-refractivity contribution in [2.45, 2.75) is 24.9 Å². The number of hydrogen-bond donors (Lipinski definition) is 2. The maximum absolute atomic E-state index is 12.7. The van der Waals surface area contributed by atoms with E-state index in [1.807, 2.05) is 6.07 Å². The molecule has 2 N–H and O–H groups in total. The van der Waals surface area contributed by atoms with E-state index >= 15 is 0 Å². The minimum absolute atomic E-state index is 0.0237. The van der Waals surface area contributed by atoms with E-state index in [-0.39, 0.29) is 23.5 Å². The molecule has 2 aromatic carbocycles. The molecule has 0 heterocycles. The molecule has 0 aromatic heterocycles. The van der Waals surface area contributed by atoms with Crippen LogP contribution in [0.3, 0.4) is 0 Å². The van der Waals surface area contributed by atoms with E-state index in [1.54, 1.807) is 26.0 Å². The van der Waals surface area contributed by atoms with Crippen LogP contribution in [0.4, 0.5) is 13.2 Å². The Morgan fingerprint density at radius 2 is 1.79 bits per heavy atom. The number of hydrogen-bond acceptors (Lipinski definition) is 3. The molecule has 0 atom stereocenters. The molecule has 0 radical (unpaired) electrons. The second-order valence-corrected chi connectivity index (χ2v) is 8.15. The van der Waals surface area contributed by atoms with Crippen LogP contribution in [0, 0.1) is 13.8 Å². The molecule has 0 saturated carbocycles. The van der Waals surface area contributed by atoms with Gasteiger partial charge in [-0.15, -0.1) is 0 Å². The molecule has 0 spiro atoms. The lowest BCUT2D eigenvalue weighted by molar-refractivity contribution is -0.137. The third-order valence-corrected chi connectivity index (χ3v) is 5.59. The van der Waals surface area contributed by atoms with Crippen molar-refractivity contribution in [1.29, 1.82) is 0 Å². The quantitative estimate of drug-likeness (QED) is 0.526. The number of halogens is 3. The summed E-state index contributed by atoms with van der Waals surface area (Å²) in [5, 5.41) is 2.47. The molecule has 0 aliphatic rings. The number of sulfonamides is 1. The first-order valence-electron chi connectivity index (χ1n) is 8.69. The summed E-state index contributed by atoms with van der Waals surface area (Å²) in [6.07, 6.45) is -2.11. The summed E-state index contributed by atoms with van der Waals surface area (Å²) in [5.74, 6) is -0.548. The fourth-order valence-corrected chi connectivity index (χ4v) is 3.85. The lowest BCUT2D eigenvalue weighted by Crippen LogP contribution is -2.34. The third kappa shape index (κ3) is 6.72. The van der Waals surface area contributed by atoms with Crippen molar-refractivity contribution in [3.63, 3.8) is 0 Å².